The van der Waals surface area contributed by atoms with Gasteiger partial charge >= 0.3 is 0 Å². The normalized spacial score (nSPS) is 9.56. The molecule has 0 fully saturated rings. The summed E-state index contributed by atoms with van der Waals surface area (Å²) in [5, 5.41) is 0.875. The Morgan fingerprint density at radius 1 is 1.33 bits per heavy atom. The van der Waals surface area contributed by atoms with Crippen LogP contribution >= 0.6 is 11.6 Å². The Hall–Kier alpha value is -0.490. The van der Waals surface area contributed by atoms with Gasteiger partial charge in [0, 0.05) is 5.02 Å². The van der Waals surface area contributed by atoms with Gasteiger partial charge in [0.2, 0.25) is 0 Å². The van der Waals surface area contributed by atoms with Crippen molar-refractivity contribution in [2.45, 2.75) is 13.3 Å². The van der Waals surface area contributed by atoms with Crippen molar-refractivity contribution in [1.29, 1.82) is 0 Å². The first-order chi connectivity index (χ1) is 4.34. The SMILES string of the molecule is CCc1ccccc1Cl. The van der Waals surface area contributed by atoms with Crippen LogP contribution in [0.3, 0.4) is 0 Å². The molecule has 1 aromatic rings. The first kappa shape index (κ1) is 6.63. The van der Waals surface area contributed by atoms with Crippen LogP contribution in [0.25, 0.3) is 0 Å². The highest BCUT2D eigenvalue weighted by Gasteiger charge is 1.91. The van der Waals surface area contributed by atoms with Crippen LogP contribution in [0.15, 0.2) is 24.3 Å². The van der Waals surface area contributed by atoms with E-state index in [1.807, 2.05) is 24.3 Å². The maximum atomic E-state index is 5.82. The minimum absolute atomic E-state index is 0.875. The van der Waals surface area contributed by atoms with Crippen molar-refractivity contribution < 1.29 is 0 Å². The van der Waals surface area contributed by atoms with E-state index >= 15 is 0 Å². The Balaban J connectivity index is 3.01. The Morgan fingerprint density at radius 2 is 2.00 bits per heavy atom. The van der Waals surface area contributed by atoms with Gasteiger partial charge in [0.05, 0.1) is 0 Å². The summed E-state index contributed by atoms with van der Waals surface area (Å²) >= 11 is 5.82. The molecule has 9 heavy (non-hydrogen) atoms. The molecule has 0 saturated carbocycles. The predicted octanol–water partition coefficient (Wildman–Crippen LogP) is 2.90. The number of halogens is 1. The molecule has 1 aromatic carbocycles. The van der Waals surface area contributed by atoms with Gasteiger partial charge in [-0.05, 0) is 18.1 Å². The van der Waals surface area contributed by atoms with Gasteiger partial charge in [-0.15, -0.1) is 0 Å². The Kier molecular flexibility index (Phi) is 2.12. The molecular formula is C8H9Cl. The smallest absolute Gasteiger partial charge is 0.0437 e. The van der Waals surface area contributed by atoms with Crippen molar-refractivity contribution in [2.24, 2.45) is 0 Å². The van der Waals surface area contributed by atoms with Crippen molar-refractivity contribution in [2.75, 3.05) is 0 Å². The summed E-state index contributed by atoms with van der Waals surface area (Å²) in [6.07, 6.45) is 1.01. The zero-order valence-electron chi connectivity index (χ0n) is 5.39. The Labute approximate surface area is 60.5 Å². The first-order valence-electron chi connectivity index (χ1n) is 3.08. The molecule has 0 bridgehead atoms. The molecule has 0 N–H and O–H groups in total. The second kappa shape index (κ2) is 2.88. The number of aryl methyl sites for hydroxylation is 1. The largest absolute Gasteiger partial charge is 0.0840 e. The van der Waals surface area contributed by atoms with Crippen molar-refractivity contribution in [3.63, 3.8) is 0 Å². The maximum absolute atomic E-state index is 5.82. The Morgan fingerprint density at radius 3 is 2.44 bits per heavy atom. The highest BCUT2D eigenvalue weighted by molar-refractivity contribution is 6.31. The minimum atomic E-state index is 0.875. The first-order valence-corrected chi connectivity index (χ1v) is 3.45. The summed E-state index contributed by atoms with van der Waals surface area (Å²) in [7, 11) is 0. The number of hydrogen-bond acceptors (Lipinski definition) is 0. The van der Waals surface area contributed by atoms with Gasteiger partial charge in [-0.1, -0.05) is 36.7 Å². The van der Waals surface area contributed by atoms with Crippen LogP contribution in [0.2, 0.25) is 5.02 Å². The van der Waals surface area contributed by atoms with E-state index in [2.05, 4.69) is 6.92 Å². The van der Waals surface area contributed by atoms with E-state index in [-0.39, 0.29) is 0 Å². The van der Waals surface area contributed by atoms with E-state index in [1.54, 1.807) is 0 Å². The van der Waals surface area contributed by atoms with E-state index in [0.29, 0.717) is 0 Å². The molecule has 1 heteroatoms. The molecule has 0 amide bonds. The molecule has 0 nitrogen and oxygen atoms in total. The second-order valence-electron chi connectivity index (χ2n) is 1.94. The van der Waals surface area contributed by atoms with Gasteiger partial charge < -0.3 is 0 Å². The summed E-state index contributed by atoms with van der Waals surface area (Å²) in [6, 6.07) is 7.91. The predicted molar refractivity (Wildman–Crippen MR) is 40.8 cm³/mol. The molecule has 0 saturated heterocycles. The van der Waals surface area contributed by atoms with Gasteiger partial charge in [0.15, 0.2) is 0 Å². The zero-order valence-corrected chi connectivity index (χ0v) is 6.15. The van der Waals surface area contributed by atoms with E-state index in [1.165, 1.54) is 5.56 Å². The molecule has 0 spiro atoms. The molecule has 0 unspecified atom stereocenters. The molecule has 1 rings (SSSR count). The van der Waals surface area contributed by atoms with E-state index in [0.717, 1.165) is 11.4 Å². The summed E-state index contributed by atoms with van der Waals surface area (Å²) in [6.45, 7) is 2.10. The van der Waals surface area contributed by atoms with Gasteiger partial charge in [-0.3, -0.25) is 0 Å². The number of benzene rings is 1. The van der Waals surface area contributed by atoms with E-state index < -0.39 is 0 Å². The van der Waals surface area contributed by atoms with Crippen LogP contribution in [0, 0.1) is 0 Å². The van der Waals surface area contributed by atoms with E-state index in [9.17, 15) is 0 Å². The molecule has 0 aliphatic rings. The van der Waals surface area contributed by atoms with Crippen LogP contribution in [0.1, 0.15) is 12.5 Å². The molecule has 0 radical (unpaired) electrons. The maximum Gasteiger partial charge on any atom is 0.0437 e. The molecule has 48 valence electrons. The third-order valence-electron chi connectivity index (χ3n) is 1.34. The van der Waals surface area contributed by atoms with Crippen molar-refractivity contribution in [3.8, 4) is 0 Å². The molecule has 0 aliphatic heterocycles. The van der Waals surface area contributed by atoms with Crippen LogP contribution in [-0.2, 0) is 6.42 Å². The van der Waals surface area contributed by atoms with Crippen LogP contribution in [0.5, 0.6) is 0 Å². The second-order valence-corrected chi connectivity index (χ2v) is 2.35. The van der Waals surface area contributed by atoms with Crippen LogP contribution < -0.4 is 0 Å². The number of rotatable bonds is 1. The number of hydrogen-bond donors (Lipinski definition) is 0. The highest BCUT2D eigenvalue weighted by Crippen LogP contribution is 2.14. The zero-order chi connectivity index (χ0) is 6.69. The average molecular weight is 141 g/mol. The lowest BCUT2D eigenvalue weighted by atomic mass is 10.2. The quantitative estimate of drug-likeness (QED) is 0.563. The minimum Gasteiger partial charge on any atom is -0.0840 e. The fourth-order valence-corrected chi connectivity index (χ4v) is 1.05. The Bertz CT molecular complexity index is 194. The third kappa shape index (κ3) is 1.46. The summed E-state index contributed by atoms with van der Waals surface area (Å²) in [5.74, 6) is 0. The third-order valence-corrected chi connectivity index (χ3v) is 1.71. The van der Waals surface area contributed by atoms with Crippen molar-refractivity contribution in [3.05, 3.63) is 34.9 Å². The molecule has 0 aromatic heterocycles. The summed E-state index contributed by atoms with van der Waals surface area (Å²) < 4.78 is 0. The molecule has 0 aliphatic carbocycles. The van der Waals surface area contributed by atoms with Gasteiger partial charge in [-0.25, -0.2) is 0 Å². The van der Waals surface area contributed by atoms with Gasteiger partial charge in [0.1, 0.15) is 0 Å². The van der Waals surface area contributed by atoms with Crippen molar-refractivity contribution >= 4 is 11.6 Å². The molecular weight excluding hydrogens is 132 g/mol. The standard InChI is InChI=1S/C8H9Cl/c1-2-7-5-3-4-6-8(7)9/h3-6H,2H2,1H3. The lowest BCUT2D eigenvalue weighted by Crippen LogP contribution is -1.78. The topological polar surface area (TPSA) is 0 Å². The lowest BCUT2D eigenvalue weighted by molar-refractivity contribution is 1.14. The summed E-state index contributed by atoms with van der Waals surface area (Å²) in [4.78, 5) is 0. The van der Waals surface area contributed by atoms with Crippen LogP contribution in [-0.4, -0.2) is 0 Å². The molecule has 0 heterocycles. The average Bonchev–Trinajstić information content (AvgIpc) is 1.89. The fraction of sp³-hybridized carbons (Fsp3) is 0.250. The van der Waals surface area contributed by atoms with Gasteiger partial charge in [0.25, 0.3) is 0 Å². The molecule has 0 atom stereocenters. The summed E-state index contributed by atoms with van der Waals surface area (Å²) in [5.41, 5.74) is 1.22. The fourth-order valence-electron chi connectivity index (χ4n) is 0.785. The monoisotopic (exact) mass is 140 g/mol. The van der Waals surface area contributed by atoms with Gasteiger partial charge in [-0.2, -0.15) is 0 Å². The van der Waals surface area contributed by atoms with E-state index in [4.69, 9.17) is 11.6 Å². The van der Waals surface area contributed by atoms with Crippen LogP contribution in [0.4, 0.5) is 0 Å². The van der Waals surface area contributed by atoms with Crippen molar-refractivity contribution in [1.82, 2.24) is 0 Å². The highest BCUT2D eigenvalue weighted by atomic mass is 35.5. The lowest BCUT2D eigenvalue weighted by Gasteiger charge is -1.96.